The highest BCUT2D eigenvalue weighted by Gasteiger charge is 2.39. The van der Waals surface area contributed by atoms with Gasteiger partial charge in [0, 0.05) is 38.0 Å². The summed E-state index contributed by atoms with van der Waals surface area (Å²) in [7, 11) is -1.99. The third-order valence-electron chi connectivity index (χ3n) is 4.50. The van der Waals surface area contributed by atoms with Crippen molar-refractivity contribution in [3.8, 4) is 5.75 Å². The first-order chi connectivity index (χ1) is 13.2. The van der Waals surface area contributed by atoms with Crippen LogP contribution in [0.5, 0.6) is 5.75 Å². The minimum atomic E-state index is -3.45. The number of likely N-dealkylation sites (tertiary alicyclic amines) is 1. The first kappa shape index (κ1) is 20.6. The van der Waals surface area contributed by atoms with Gasteiger partial charge in [-0.1, -0.05) is 16.8 Å². The van der Waals surface area contributed by atoms with Crippen LogP contribution in [-0.4, -0.2) is 72.7 Å². The second-order valence-electron chi connectivity index (χ2n) is 6.56. The maximum Gasteiger partial charge on any atom is 0.257 e. The molecule has 9 nitrogen and oxygen atoms in total. The molecule has 1 saturated heterocycles. The molecule has 2 aromatic rings. The summed E-state index contributed by atoms with van der Waals surface area (Å²) < 4.78 is 35.9. The van der Waals surface area contributed by atoms with Gasteiger partial charge in [-0.2, -0.15) is 9.29 Å². The number of ether oxygens (including phenoxy) is 1. The maximum absolute atomic E-state index is 12.7. The summed E-state index contributed by atoms with van der Waals surface area (Å²) in [6.45, 7) is 2.48. The molecule has 0 unspecified atom stereocenters. The van der Waals surface area contributed by atoms with Crippen LogP contribution >= 0.6 is 11.6 Å². The average molecular weight is 429 g/mol. The molecule has 0 N–H and O–H groups in total. The number of hydrogen-bond acceptors (Lipinski definition) is 7. The van der Waals surface area contributed by atoms with E-state index in [2.05, 4.69) is 10.1 Å². The molecule has 0 saturated carbocycles. The van der Waals surface area contributed by atoms with E-state index in [1.54, 1.807) is 30.0 Å². The number of sulfonamides is 1. The van der Waals surface area contributed by atoms with Gasteiger partial charge >= 0.3 is 0 Å². The van der Waals surface area contributed by atoms with Crippen molar-refractivity contribution in [1.29, 1.82) is 0 Å². The van der Waals surface area contributed by atoms with Crippen LogP contribution in [0.1, 0.15) is 22.1 Å². The molecule has 152 valence electrons. The van der Waals surface area contributed by atoms with E-state index in [-0.39, 0.29) is 18.5 Å². The van der Waals surface area contributed by atoms with Gasteiger partial charge in [0.1, 0.15) is 5.75 Å². The molecule has 3 rings (SSSR count). The third-order valence-corrected chi connectivity index (χ3v) is 6.07. The van der Waals surface area contributed by atoms with Crippen LogP contribution in [0.3, 0.4) is 0 Å². The van der Waals surface area contributed by atoms with Gasteiger partial charge in [0.05, 0.1) is 25.0 Å². The Morgan fingerprint density at radius 3 is 2.71 bits per heavy atom. The van der Waals surface area contributed by atoms with E-state index in [1.807, 2.05) is 0 Å². The van der Waals surface area contributed by atoms with Crippen LogP contribution in [0, 0.1) is 6.92 Å². The summed E-state index contributed by atoms with van der Waals surface area (Å²) in [5.41, 5.74) is 0.388. The Bertz CT molecular complexity index is 972. The van der Waals surface area contributed by atoms with Crippen LogP contribution in [-0.2, 0) is 16.4 Å². The van der Waals surface area contributed by atoms with Gasteiger partial charge in [-0.25, -0.2) is 8.42 Å². The number of nitrogens with zero attached hydrogens (tertiary/aromatic N) is 4. The van der Waals surface area contributed by atoms with E-state index < -0.39 is 10.0 Å². The Balaban J connectivity index is 1.66. The fraction of sp³-hybridized carbons (Fsp3) is 0.471. The van der Waals surface area contributed by atoms with Crippen LogP contribution in [0.4, 0.5) is 0 Å². The number of amides is 1. The number of aryl methyl sites for hydroxylation is 1. The molecule has 1 aliphatic rings. The molecule has 0 radical (unpaired) electrons. The van der Waals surface area contributed by atoms with Crippen molar-refractivity contribution in [3.05, 3.63) is 40.5 Å². The summed E-state index contributed by atoms with van der Waals surface area (Å²) in [6, 6.07) is 4.49. The average Bonchev–Trinajstić information content (AvgIpc) is 3.00. The molecule has 1 amide bonds. The van der Waals surface area contributed by atoms with Gasteiger partial charge in [-0.05, 0) is 18.2 Å². The number of rotatable bonds is 7. The molecule has 11 heteroatoms. The Kier molecular flexibility index (Phi) is 5.92. The van der Waals surface area contributed by atoms with E-state index in [1.165, 1.54) is 11.4 Å². The van der Waals surface area contributed by atoms with Crippen molar-refractivity contribution in [2.45, 2.75) is 19.4 Å². The minimum Gasteiger partial charge on any atom is -0.496 e. The number of hydrogen-bond donors (Lipinski definition) is 0. The van der Waals surface area contributed by atoms with Gasteiger partial charge in [-0.15, -0.1) is 0 Å². The zero-order valence-electron chi connectivity index (χ0n) is 15.8. The van der Waals surface area contributed by atoms with Gasteiger partial charge in [0.25, 0.3) is 5.91 Å². The second kappa shape index (κ2) is 8.06. The molecule has 1 aliphatic heterocycles. The lowest BCUT2D eigenvalue weighted by Gasteiger charge is -2.44. The fourth-order valence-corrected chi connectivity index (χ4v) is 4.35. The van der Waals surface area contributed by atoms with E-state index in [4.69, 9.17) is 20.9 Å². The first-order valence-corrected chi connectivity index (χ1v) is 10.8. The second-order valence-corrected chi connectivity index (χ2v) is 8.93. The summed E-state index contributed by atoms with van der Waals surface area (Å²) in [6.07, 6.45) is 1.49. The monoisotopic (exact) mass is 428 g/mol. The van der Waals surface area contributed by atoms with Crippen molar-refractivity contribution in [2.75, 3.05) is 33.0 Å². The Morgan fingerprint density at radius 1 is 1.43 bits per heavy atom. The molecule has 0 spiro atoms. The highest BCUT2D eigenvalue weighted by atomic mass is 35.5. The Hall–Kier alpha value is -2.17. The quantitative estimate of drug-likeness (QED) is 0.655. The predicted octanol–water partition coefficient (Wildman–Crippen LogP) is 1.37. The van der Waals surface area contributed by atoms with Crippen LogP contribution in [0.25, 0.3) is 0 Å². The Morgan fingerprint density at radius 2 is 2.14 bits per heavy atom. The van der Waals surface area contributed by atoms with Crippen molar-refractivity contribution in [1.82, 2.24) is 19.3 Å². The lowest BCUT2D eigenvalue weighted by molar-refractivity contribution is 0.0451. The number of carbonyl (C=O) groups is 1. The van der Waals surface area contributed by atoms with Crippen LogP contribution in [0.2, 0.25) is 5.02 Å². The molecule has 28 heavy (non-hydrogen) atoms. The van der Waals surface area contributed by atoms with E-state index in [9.17, 15) is 13.2 Å². The van der Waals surface area contributed by atoms with Crippen molar-refractivity contribution in [2.24, 2.45) is 0 Å². The molecule has 1 aromatic heterocycles. The number of carbonyl (C=O) groups excluding carboxylic acids is 1. The maximum atomic E-state index is 12.7. The minimum absolute atomic E-state index is 0.217. The van der Waals surface area contributed by atoms with E-state index >= 15 is 0 Å². The summed E-state index contributed by atoms with van der Waals surface area (Å²) in [5, 5.41) is 4.25. The number of halogens is 1. The van der Waals surface area contributed by atoms with Gasteiger partial charge < -0.3 is 14.2 Å². The first-order valence-electron chi connectivity index (χ1n) is 8.58. The van der Waals surface area contributed by atoms with Crippen LogP contribution in [0.15, 0.2) is 22.7 Å². The van der Waals surface area contributed by atoms with Gasteiger partial charge in [0.15, 0.2) is 5.82 Å². The molecular weight excluding hydrogens is 408 g/mol. The molecule has 1 aromatic carbocycles. The van der Waals surface area contributed by atoms with Crippen LogP contribution < -0.4 is 4.74 Å². The van der Waals surface area contributed by atoms with E-state index in [0.29, 0.717) is 47.6 Å². The van der Waals surface area contributed by atoms with Crippen molar-refractivity contribution >= 4 is 27.5 Å². The number of benzene rings is 1. The van der Waals surface area contributed by atoms with Gasteiger partial charge in [-0.3, -0.25) is 4.79 Å². The lowest BCUT2D eigenvalue weighted by Crippen LogP contribution is -2.62. The molecule has 0 atom stereocenters. The van der Waals surface area contributed by atoms with Crippen molar-refractivity contribution in [3.63, 3.8) is 0 Å². The predicted molar refractivity (Wildman–Crippen MR) is 102 cm³/mol. The standard InChI is InChI=1S/C17H21ClN4O5S/c1-11-19-16(20-27-11)6-7-22(28(3,24)25)13-9-21(10-13)17(23)14-5-4-12(18)8-15(14)26-2/h4-5,8,13H,6-7,9-10H2,1-3H3. The fourth-order valence-electron chi connectivity index (χ4n) is 3.09. The van der Waals surface area contributed by atoms with Crippen molar-refractivity contribution < 1.29 is 22.5 Å². The highest BCUT2D eigenvalue weighted by Crippen LogP contribution is 2.27. The molecule has 0 aliphatic carbocycles. The smallest absolute Gasteiger partial charge is 0.257 e. The molecule has 2 heterocycles. The number of methoxy groups -OCH3 is 1. The topological polar surface area (TPSA) is 106 Å². The zero-order valence-corrected chi connectivity index (χ0v) is 17.3. The SMILES string of the molecule is COc1cc(Cl)ccc1C(=O)N1CC(N(CCc2noc(C)n2)S(C)(=O)=O)C1. The summed E-state index contributed by atoms with van der Waals surface area (Å²) in [4.78, 5) is 18.4. The Labute approximate surface area is 168 Å². The lowest BCUT2D eigenvalue weighted by atomic mass is 10.1. The summed E-state index contributed by atoms with van der Waals surface area (Å²) in [5.74, 6) is 1.03. The zero-order chi connectivity index (χ0) is 20.5. The number of aromatic nitrogens is 2. The largest absolute Gasteiger partial charge is 0.496 e. The van der Waals surface area contributed by atoms with Gasteiger partial charge in [0.2, 0.25) is 15.9 Å². The molecule has 1 fully saturated rings. The third kappa shape index (κ3) is 4.45. The molecule has 0 bridgehead atoms. The molecular formula is C17H21ClN4O5S. The summed E-state index contributed by atoms with van der Waals surface area (Å²) >= 11 is 5.93. The van der Waals surface area contributed by atoms with E-state index in [0.717, 1.165) is 6.26 Å². The normalized spacial score (nSPS) is 15.0. The highest BCUT2D eigenvalue weighted by molar-refractivity contribution is 7.88.